The van der Waals surface area contributed by atoms with Gasteiger partial charge in [0.25, 0.3) is 0 Å². The first-order chi connectivity index (χ1) is 9.37. The molecule has 0 aromatic carbocycles. The number of rotatable bonds is 6. The van der Waals surface area contributed by atoms with Crippen LogP contribution >= 0.6 is 0 Å². The number of carboxylic acid groups (broad SMARTS) is 1. The van der Waals surface area contributed by atoms with Crippen molar-refractivity contribution in [3.63, 3.8) is 0 Å². The summed E-state index contributed by atoms with van der Waals surface area (Å²) in [6, 6.07) is 0. The number of hydrogen-bond acceptors (Lipinski definition) is 3. The van der Waals surface area contributed by atoms with Crippen molar-refractivity contribution in [2.75, 3.05) is 13.6 Å². The van der Waals surface area contributed by atoms with E-state index in [9.17, 15) is 14.4 Å². The third kappa shape index (κ3) is 4.51. The maximum Gasteiger partial charge on any atom is 0.305 e. The van der Waals surface area contributed by atoms with Crippen LogP contribution in [0.3, 0.4) is 0 Å². The highest BCUT2D eigenvalue weighted by molar-refractivity contribution is 5.79. The Morgan fingerprint density at radius 1 is 1.20 bits per heavy atom. The second-order valence-electron chi connectivity index (χ2n) is 5.54. The van der Waals surface area contributed by atoms with E-state index in [1.165, 1.54) is 6.92 Å². The predicted octanol–water partition coefficient (Wildman–Crippen LogP) is 1.15. The maximum absolute atomic E-state index is 12.2. The number of carbonyl (C=O) groups excluding carboxylic acids is 2. The number of nitrogens with zero attached hydrogens (tertiary/aromatic N) is 1. The van der Waals surface area contributed by atoms with Gasteiger partial charge in [-0.05, 0) is 12.8 Å². The van der Waals surface area contributed by atoms with Crippen molar-refractivity contribution in [3.8, 4) is 0 Å². The van der Waals surface area contributed by atoms with Gasteiger partial charge in [0, 0.05) is 26.9 Å². The summed E-state index contributed by atoms with van der Waals surface area (Å²) in [6.07, 6.45) is 4.68. The maximum atomic E-state index is 12.2. The van der Waals surface area contributed by atoms with Crippen LogP contribution in [0.25, 0.3) is 0 Å². The average Bonchev–Trinajstić information content (AvgIpc) is 2.37. The highest BCUT2D eigenvalue weighted by Gasteiger charge is 2.40. The number of aliphatic carboxylic acids is 1. The number of hydrogen-bond donors (Lipinski definition) is 2. The Balaban J connectivity index is 2.66. The summed E-state index contributed by atoms with van der Waals surface area (Å²) in [6.45, 7) is 1.70. The molecule has 0 heterocycles. The minimum Gasteiger partial charge on any atom is -0.481 e. The topological polar surface area (TPSA) is 86.7 Å². The minimum absolute atomic E-state index is 0.00459. The third-order valence-corrected chi connectivity index (χ3v) is 4.06. The molecule has 1 saturated carbocycles. The quantitative estimate of drug-likeness (QED) is 0.766. The van der Waals surface area contributed by atoms with Crippen molar-refractivity contribution in [1.82, 2.24) is 10.2 Å². The Bertz CT molecular complexity index is 375. The Morgan fingerprint density at radius 3 is 2.30 bits per heavy atom. The fraction of sp³-hybridized carbons (Fsp3) is 0.786. The molecule has 114 valence electrons. The summed E-state index contributed by atoms with van der Waals surface area (Å²) in [5.74, 6) is -1.14. The van der Waals surface area contributed by atoms with Gasteiger partial charge >= 0.3 is 5.97 Å². The molecule has 0 bridgehead atoms. The lowest BCUT2D eigenvalue weighted by molar-refractivity contribution is -0.145. The lowest BCUT2D eigenvalue weighted by Crippen LogP contribution is -2.52. The van der Waals surface area contributed by atoms with Gasteiger partial charge < -0.3 is 15.3 Å². The molecule has 0 aromatic rings. The van der Waals surface area contributed by atoms with Crippen LogP contribution in [0.15, 0.2) is 0 Å². The van der Waals surface area contributed by atoms with E-state index in [0.29, 0.717) is 6.54 Å². The molecule has 0 aliphatic heterocycles. The van der Waals surface area contributed by atoms with Gasteiger partial charge in [-0.15, -0.1) is 0 Å². The van der Waals surface area contributed by atoms with Gasteiger partial charge in [-0.2, -0.15) is 0 Å². The zero-order valence-corrected chi connectivity index (χ0v) is 12.3. The summed E-state index contributed by atoms with van der Waals surface area (Å²) in [7, 11) is 1.68. The lowest BCUT2D eigenvalue weighted by atomic mass is 9.78. The van der Waals surface area contributed by atoms with Crippen molar-refractivity contribution in [2.24, 2.45) is 0 Å². The molecule has 0 spiro atoms. The molecule has 0 atom stereocenters. The molecule has 2 amide bonds. The second-order valence-corrected chi connectivity index (χ2v) is 5.54. The zero-order chi connectivity index (χ0) is 15.2. The van der Waals surface area contributed by atoms with E-state index in [1.807, 2.05) is 0 Å². The lowest BCUT2D eigenvalue weighted by Gasteiger charge is -2.44. The molecule has 0 unspecified atom stereocenters. The summed E-state index contributed by atoms with van der Waals surface area (Å²) in [5.41, 5.74) is -0.558. The normalized spacial score (nSPS) is 17.3. The van der Waals surface area contributed by atoms with E-state index >= 15 is 0 Å². The van der Waals surface area contributed by atoms with Crippen LogP contribution in [-0.4, -0.2) is 46.9 Å². The molecule has 6 nitrogen and oxygen atoms in total. The molecule has 6 heteroatoms. The van der Waals surface area contributed by atoms with Gasteiger partial charge in [0.2, 0.25) is 11.8 Å². The van der Waals surface area contributed by atoms with Gasteiger partial charge in [-0.3, -0.25) is 14.4 Å². The largest absolute Gasteiger partial charge is 0.481 e. The van der Waals surface area contributed by atoms with E-state index in [4.69, 9.17) is 5.11 Å². The van der Waals surface area contributed by atoms with Gasteiger partial charge in [0.15, 0.2) is 0 Å². The van der Waals surface area contributed by atoms with E-state index < -0.39 is 11.5 Å². The standard InChI is InChI=1S/C14H24N2O4/c1-11(17)15-9-6-12(18)16(2)14(10-13(19)20)7-4-3-5-8-14/h3-10H2,1-2H3,(H,15,17)(H,19,20). The van der Waals surface area contributed by atoms with Gasteiger partial charge in [-0.1, -0.05) is 19.3 Å². The first kappa shape index (κ1) is 16.5. The van der Waals surface area contributed by atoms with Crippen LogP contribution in [0, 0.1) is 0 Å². The van der Waals surface area contributed by atoms with Crippen LogP contribution in [-0.2, 0) is 14.4 Å². The number of amides is 2. The van der Waals surface area contributed by atoms with Crippen LogP contribution < -0.4 is 5.32 Å². The Labute approximate surface area is 119 Å². The van der Waals surface area contributed by atoms with E-state index in [1.54, 1.807) is 11.9 Å². The fourth-order valence-corrected chi connectivity index (χ4v) is 2.90. The molecular weight excluding hydrogens is 260 g/mol. The highest BCUT2D eigenvalue weighted by Crippen LogP contribution is 2.36. The van der Waals surface area contributed by atoms with Crippen LogP contribution in [0.2, 0.25) is 0 Å². The summed E-state index contributed by atoms with van der Waals surface area (Å²) in [5, 5.41) is 11.7. The molecule has 0 aromatic heterocycles. The number of carboxylic acids is 1. The molecule has 1 fully saturated rings. The Kier molecular flexibility index (Phi) is 5.98. The highest BCUT2D eigenvalue weighted by atomic mass is 16.4. The van der Waals surface area contributed by atoms with Crippen molar-refractivity contribution in [1.29, 1.82) is 0 Å². The number of nitrogens with one attached hydrogen (secondary N) is 1. The third-order valence-electron chi connectivity index (χ3n) is 4.06. The summed E-state index contributed by atoms with van der Waals surface area (Å²) < 4.78 is 0. The Morgan fingerprint density at radius 2 is 1.80 bits per heavy atom. The van der Waals surface area contributed by atoms with Gasteiger partial charge in [-0.25, -0.2) is 0 Å². The molecule has 0 saturated heterocycles. The van der Waals surface area contributed by atoms with Crippen LogP contribution in [0.5, 0.6) is 0 Å². The first-order valence-corrected chi connectivity index (χ1v) is 7.10. The predicted molar refractivity (Wildman–Crippen MR) is 74.1 cm³/mol. The SMILES string of the molecule is CC(=O)NCCC(=O)N(C)C1(CC(=O)O)CCCCC1. The van der Waals surface area contributed by atoms with Crippen LogP contribution in [0.4, 0.5) is 0 Å². The van der Waals surface area contributed by atoms with Gasteiger partial charge in [0.1, 0.15) is 0 Å². The van der Waals surface area contributed by atoms with Gasteiger partial charge in [0.05, 0.1) is 12.0 Å². The molecule has 1 aliphatic carbocycles. The molecule has 2 N–H and O–H groups in total. The molecule has 0 radical (unpaired) electrons. The molecular formula is C14H24N2O4. The van der Waals surface area contributed by atoms with Crippen molar-refractivity contribution >= 4 is 17.8 Å². The molecule has 20 heavy (non-hydrogen) atoms. The minimum atomic E-state index is -0.867. The fourth-order valence-electron chi connectivity index (χ4n) is 2.90. The van der Waals surface area contributed by atoms with Crippen LogP contribution in [0.1, 0.15) is 51.9 Å². The first-order valence-electron chi connectivity index (χ1n) is 7.10. The van der Waals surface area contributed by atoms with Crippen molar-refractivity contribution < 1.29 is 19.5 Å². The Hall–Kier alpha value is -1.59. The average molecular weight is 284 g/mol. The smallest absolute Gasteiger partial charge is 0.305 e. The molecule has 1 rings (SSSR count). The zero-order valence-electron chi connectivity index (χ0n) is 12.3. The molecule has 1 aliphatic rings. The van der Waals surface area contributed by atoms with Crippen molar-refractivity contribution in [2.45, 2.75) is 57.4 Å². The van der Waals surface area contributed by atoms with Crippen molar-refractivity contribution in [3.05, 3.63) is 0 Å². The summed E-state index contributed by atoms with van der Waals surface area (Å²) >= 11 is 0. The van der Waals surface area contributed by atoms with E-state index in [-0.39, 0.29) is 24.7 Å². The van der Waals surface area contributed by atoms with E-state index in [2.05, 4.69) is 5.32 Å². The number of carbonyl (C=O) groups is 3. The van der Waals surface area contributed by atoms with E-state index in [0.717, 1.165) is 32.1 Å². The monoisotopic (exact) mass is 284 g/mol. The second kappa shape index (κ2) is 7.26. The summed E-state index contributed by atoms with van der Waals surface area (Å²) in [4.78, 5) is 35.7.